The number of ether oxygens (including phenoxy) is 1. The summed E-state index contributed by atoms with van der Waals surface area (Å²) in [7, 11) is 1.76. The molecule has 1 aliphatic rings. The van der Waals surface area contributed by atoms with Crippen LogP contribution >= 0.6 is 0 Å². The van der Waals surface area contributed by atoms with Crippen LogP contribution in [-0.4, -0.2) is 25.8 Å². The van der Waals surface area contributed by atoms with Crippen molar-refractivity contribution in [2.24, 2.45) is 5.92 Å². The minimum Gasteiger partial charge on any atom is -0.383 e. The molecule has 0 heterocycles. The quantitative estimate of drug-likeness (QED) is 0.651. The molecule has 3 unspecified atom stereocenters. The molecule has 2 nitrogen and oxygen atoms in total. The van der Waals surface area contributed by atoms with Crippen molar-refractivity contribution < 1.29 is 4.74 Å². The van der Waals surface area contributed by atoms with Gasteiger partial charge in [-0.1, -0.05) is 13.8 Å². The lowest BCUT2D eigenvalue weighted by Gasteiger charge is -2.15. The van der Waals surface area contributed by atoms with Crippen LogP contribution in [0, 0.1) is 5.92 Å². The Kier molecular flexibility index (Phi) is 3.34. The SMILES string of the molecule is CCC(COC)NC1CC1C. The lowest BCUT2D eigenvalue weighted by Crippen LogP contribution is -2.34. The lowest BCUT2D eigenvalue weighted by molar-refractivity contribution is 0.163. The molecular weight excluding hydrogens is 138 g/mol. The zero-order chi connectivity index (χ0) is 8.27. The predicted molar refractivity (Wildman–Crippen MR) is 46.7 cm³/mol. The van der Waals surface area contributed by atoms with Crippen molar-refractivity contribution in [2.45, 2.75) is 38.8 Å². The summed E-state index contributed by atoms with van der Waals surface area (Å²) in [4.78, 5) is 0. The Bertz CT molecular complexity index is 116. The van der Waals surface area contributed by atoms with Crippen molar-refractivity contribution >= 4 is 0 Å². The summed E-state index contributed by atoms with van der Waals surface area (Å²) >= 11 is 0. The molecule has 66 valence electrons. The summed E-state index contributed by atoms with van der Waals surface area (Å²) in [6.07, 6.45) is 2.51. The van der Waals surface area contributed by atoms with Gasteiger partial charge in [0.15, 0.2) is 0 Å². The van der Waals surface area contributed by atoms with E-state index in [1.54, 1.807) is 7.11 Å². The summed E-state index contributed by atoms with van der Waals surface area (Å²) in [5.74, 6) is 0.890. The van der Waals surface area contributed by atoms with Gasteiger partial charge in [-0.25, -0.2) is 0 Å². The molecule has 0 aromatic heterocycles. The van der Waals surface area contributed by atoms with E-state index in [9.17, 15) is 0 Å². The van der Waals surface area contributed by atoms with Crippen molar-refractivity contribution in [1.82, 2.24) is 5.32 Å². The van der Waals surface area contributed by atoms with E-state index in [4.69, 9.17) is 4.74 Å². The maximum Gasteiger partial charge on any atom is 0.0615 e. The average Bonchev–Trinajstić information content (AvgIpc) is 2.66. The summed E-state index contributed by atoms with van der Waals surface area (Å²) in [5, 5.41) is 3.57. The second-order valence-electron chi connectivity index (χ2n) is 3.55. The Labute approximate surface area is 69.3 Å². The van der Waals surface area contributed by atoms with Crippen LogP contribution in [0.1, 0.15) is 26.7 Å². The summed E-state index contributed by atoms with van der Waals surface area (Å²) < 4.78 is 5.10. The molecule has 1 N–H and O–H groups in total. The number of hydrogen-bond acceptors (Lipinski definition) is 2. The fraction of sp³-hybridized carbons (Fsp3) is 1.00. The lowest BCUT2D eigenvalue weighted by atomic mass is 10.2. The smallest absolute Gasteiger partial charge is 0.0615 e. The van der Waals surface area contributed by atoms with E-state index in [1.165, 1.54) is 6.42 Å². The Morgan fingerprint density at radius 2 is 2.27 bits per heavy atom. The van der Waals surface area contributed by atoms with Gasteiger partial charge >= 0.3 is 0 Å². The highest BCUT2D eigenvalue weighted by molar-refractivity contribution is 4.91. The van der Waals surface area contributed by atoms with Crippen LogP contribution in [0.15, 0.2) is 0 Å². The maximum absolute atomic E-state index is 5.10. The highest BCUT2D eigenvalue weighted by Crippen LogP contribution is 2.29. The van der Waals surface area contributed by atoms with E-state index in [-0.39, 0.29) is 0 Å². The molecular formula is C9H19NO. The normalized spacial score (nSPS) is 31.9. The number of rotatable bonds is 5. The van der Waals surface area contributed by atoms with Gasteiger partial charge < -0.3 is 10.1 Å². The van der Waals surface area contributed by atoms with E-state index in [0.717, 1.165) is 25.0 Å². The number of methoxy groups -OCH3 is 1. The topological polar surface area (TPSA) is 21.3 Å². The van der Waals surface area contributed by atoms with E-state index >= 15 is 0 Å². The fourth-order valence-corrected chi connectivity index (χ4v) is 1.34. The van der Waals surface area contributed by atoms with Crippen LogP contribution in [0.25, 0.3) is 0 Å². The maximum atomic E-state index is 5.10. The number of nitrogens with one attached hydrogen (secondary N) is 1. The summed E-state index contributed by atoms with van der Waals surface area (Å²) in [6, 6.07) is 1.34. The fourth-order valence-electron chi connectivity index (χ4n) is 1.34. The second kappa shape index (κ2) is 4.07. The molecule has 0 radical (unpaired) electrons. The molecule has 0 amide bonds. The molecule has 1 rings (SSSR count). The van der Waals surface area contributed by atoms with Gasteiger partial charge in [-0.05, 0) is 18.8 Å². The van der Waals surface area contributed by atoms with Crippen molar-refractivity contribution in [3.05, 3.63) is 0 Å². The molecule has 0 saturated heterocycles. The minimum atomic E-state index is 0.565. The third-order valence-corrected chi connectivity index (χ3v) is 2.42. The molecule has 0 aromatic carbocycles. The van der Waals surface area contributed by atoms with Crippen LogP contribution in [0.4, 0.5) is 0 Å². The van der Waals surface area contributed by atoms with E-state index < -0.39 is 0 Å². The first kappa shape index (κ1) is 9.01. The Morgan fingerprint density at radius 1 is 1.64 bits per heavy atom. The zero-order valence-electron chi connectivity index (χ0n) is 7.76. The Balaban J connectivity index is 2.10. The molecule has 0 bridgehead atoms. The molecule has 1 saturated carbocycles. The largest absolute Gasteiger partial charge is 0.383 e. The van der Waals surface area contributed by atoms with Crippen molar-refractivity contribution in [3.63, 3.8) is 0 Å². The third-order valence-electron chi connectivity index (χ3n) is 2.42. The highest BCUT2D eigenvalue weighted by Gasteiger charge is 2.33. The molecule has 0 spiro atoms. The average molecular weight is 157 g/mol. The first-order valence-corrected chi connectivity index (χ1v) is 4.53. The van der Waals surface area contributed by atoms with Crippen LogP contribution in [0.3, 0.4) is 0 Å². The van der Waals surface area contributed by atoms with Gasteiger partial charge in [-0.2, -0.15) is 0 Å². The second-order valence-corrected chi connectivity index (χ2v) is 3.55. The van der Waals surface area contributed by atoms with E-state index in [2.05, 4.69) is 19.2 Å². The van der Waals surface area contributed by atoms with Crippen molar-refractivity contribution in [3.8, 4) is 0 Å². The van der Waals surface area contributed by atoms with Crippen molar-refractivity contribution in [1.29, 1.82) is 0 Å². The highest BCUT2D eigenvalue weighted by atomic mass is 16.5. The zero-order valence-corrected chi connectivity index (χ0v) is 7.76. The monoisotopic (exact) mass is 157 g/mol. The van der Waals surface area contributed by atoms with Crippen LogP contribution in [-0.2, 0) is 4.74 Å². The van der Waals surface area contributed by atoms with Crippen LogP contribution in [0.5, 0.6) is 0 Å². The summed E-state index contributed by atoms with van der Waals surface area (Å²) in [6.45, 7) is 5.33. The first-order valence-electron chi connectivity index (χ1n) is 4.53. The van der Waals surface area contributed by atoms with Gasteiger partial charge in [-0.3, -0.25) is 0 Å². The predicted octanol–water partition coefficient (Wildman–Crippen LogP) is 1.41. The molecule has 0 aliphatic heterocycles. The van der Waals surface area contributed by atoms with Gasteiger partial charge in [-0.15, -0.1) is 0 Å². The molecule has 2 heteroatoms. The van der Waals surface area contributed by atoms with Gasteiger partial charge in [0.25, 0.3) is 0 Å². The molecule has 1 fully saturated rings. The molecule has 11 heavy (non-hydrogen) atoms. The minimum absolute atomic E-state index is 0.565. The summed E-state index contributed by atoms with van der Waals surface area (Å²) in [5.41, 5.74) is 0. The molecule has 1 aliphatic carbocycles. The third kappa shape index (κ3) is 2.80. The molecule has 3 atom stereocenters. The van der Waals surface area contributed by atoms with Crippen molar-refractivity contribution in [2.75, 3.05) is 13.7 Å². The van der Waals surface area contributed by atoms with E-state index in [1.807, 2.05) is 0 Å². The number of hydrogen-bond donors (Lipinski definition) is 1. The standard InChI is InChI=1S/C9H19NO/c1-4-8(6-11-3)10-9-5-7(9)2/h7-10H,4-6H2,1-3H3. The van der Waals surface area contributed by atoms with Gasteiger partial charge in [0.05, 0.1) is 6.61 Å². The van der Waals surface area contributed by atoms with Crippen LogP contribution < -0.4 is 5.32 Å². The Hall–Kier alpha value is -0.0800. The first-order chi connectivity index (χ1) is 5.27. The molecule has 0 aromatic rings. The Morgan fingerprint density at radius 3 is 2.64 bits per heavy atom. The van der Waals surface area contributed by atoms with Gasteiger partial charge in [0.2, 0.25) is 0 Å². The van der Waals surface area contributed by atoms with E-state index in [0.29, 0.717) is 6.04 Å². The van der Waals surface area contributed by atoms with Gasteiger partial charge in [0.1, 0.15) is 0 Å². The van der Waals surface area contributed by atoms with Gasteiger partial charge in [0, 0.05) is 19.2 Å². The van der Waals surface area contributed by atoms with Crippen LogP contribution in [0.2, 0.25) is 0 Å².